The van der Waals surface area contributed by atoms with E-state index < -0.39 is 0 Å². The van der Waals surface area contributed by atoms with Gasteiger partial charge in [-0.1, -0.05) is 13.3 Å². The molecule has 130 valence electrons. The Hall–Kier alpha value is -2.12. The van der Waals surface area contributed by atoms with Crippen molar-refractivity contribution in [1.29, 1.82) is 0 Å². The van der Waals surface area contributed by atoms with Crippen LogP contribution in [0.2, 0.25) is 0 Å². The number of nitrogens with one attached hydrogen (secondary N) is 1. The second-order valence-corrected chi connectivity index (χ2v) is 6.22. The number of carbonyl (C=O) groups is 1. The Balaban J connectivity index is 2.01. The van der Waals surface area contributed by atoms with E-state index in [0.717, 1.165) is 23.4 Å². The van der Waals surface area contributed by atoms with Gasteiger partial charge in [0.05, 0.1) is 20.3 Å². The first kappa shape index (κ1) is 18.2. The Morgan fingerprint density at radius 3 is 2.83 bits per heavy atom. The second kappa shape index (κ2) is 8.65. The zero-order valence-electron chi connectivity index (χ0n) is 14.2. The van der Waals surface area contributed by atoms with Gasteiger partial charge < -0.3 is 20.5 Å². The lowest BCUT2D eigenvalue weighted by atomic mass is 10.2. The topological polar surface area (TPSA) is 86.5 Å². The largest absolute Gasteiger partial charge is 0.497 e. The van der Waals surface area contributed by atoms with Crippen LogP contribution in [0, 0.1) is 0 Å². The van der Waals surface area contributed by atoms with Crippen LogP contribution in [0.5, 0.6) is 11.5 Å². The molecule has 1 aromatic carbocycles. The van der Waals surface area contributed by atoms with Crippen molar-refractivity contribution in [2.24, 2.45) is 5.73 Å². The fourth-order valence-corrected chi connectivity index (χ4v) is 3.10. The molecule has 0 fully saturated rings. The van der Waals surface area contributed by atoms with E-state index in [0.29, 0.717) is 23.7 Å². The van der Waals surface area contributed by atoms with Crippen LogP contribution in [0.3, 0.4) is 0 Å². The zero-order chi connectivity index (χ0) is 17.5. The minimum atomic E-state index is -0.223. The average Bonchev–Trinajstić information content (AvgIpc) is 3.10. The molecule has 1 heterocycles. The standard InChI is InChI=1S/C17H23N3O3S/c1-4-5-13(18)17-20-14(10-24-17)16(21)19-9-11-6-7-12(22-2)8-15(11)23-3/h6-8,10,13H,4-5,9,18H2,1-3H3,(H,19,21). The lowest BCUT2D eigenvalue weighted by molar-refractivity contribution is 0.0946. The molecule has 0 bridgehead atoms. The van der Waals surface area contributed by atoms with Gasteiger partial charge in [-0.05, 0) is 18.6 Å². The van der Waals surface area contributed by atoms with Gasteiger partial charge in [-0.2, -0.15) is 0 Å². The lowest BCUT2D eigenvalue weighted by Crippen LogP contribution is -2.23. The molecular formula is C17H23N3O3S. The molecule has 0 aliphatic heterocycles. The van der Waals surface area contributed by atoms with Gasteiger partial charge in [-0.15, -0.1) is 11.3 Å². The highest BCUT2D eigenvalue weighted by atomic mass is 32.1. The molecule has 0 saturated heterocycles. The van der Waals surface area contributed by atoms with Crippen molar-refractivity contribution in [3.63, 3.8) is 0 Å². The summed E-state index contributed by atoms with van der Waals surface area (Å²) in [5.41, 5.74) is 7.30. The fourth-order valence-electron chi connectivity index (χ4n) is 2.26. The van der Waals surface area contributed by atoms with E-state index in [1.165, 1.54) is 11.3 Å². The number of hydrogen-bond donors (Lipinski definition) is 2. The molecule has 2 rings (SSSR count). The third-order valence-electron chi connectivity index (χ3n) is 3.61. The highest BCUT2D eigenvalue weighted by molar-refractivity contribution is 7.09. The van der Waals surface area contributed by atoms with Gasteiger partial charge in [0.25, 0.3) is 5.91 Å². The number of aromatic nitrogens is 1. The zero-order valence-corrected chi connectivity index (χ0v) is 15.0. The van der Waals surface area contributed by atoms with Gasteiger partial charge in [-0.3, -0.25) is 4.79 Å². The van der Waals surface area contributed by atoms with Gasteiger partial charge in [0.2, 0.25) is 0 Å². The molecule has 24 heavy (non-hydrogen) atoms. The smallest absolute Gasteiger partial charge is 0.271 e. The molecular weight excluding hydrogens is 326 g/mol. The van der Waals surface area contributed by atoms with Crippen molar-refractivity contribution >= 4 is 17.2 Å². The van der Waals surface area contributed by atoms with Crippen LogP contribution in [0.1, 0.15) is 46.9 Å². The second-order valence-electron chi connectivity index (χ2n) is 5.33. The Morgan fingerprint density at radius 2 is 2.17 bits per heavy atom. The average molecular weight is 349 g/mol. The summed E-state index contributed by atoms with van der Waals surface area (Å²) in [6, 6.07) is 5.37. The molecule has 1 unspecified atom stereocenters. The minimum Gasteiger partial charge on any atom is -0.497 e. The van der Waals surface area contributed by atoms with Crippen LogP contribution in [-0.2, 0) is 6.54 Å². The monoisotopic (exact) mass is 349 g/mol. The minimum absolute atomic E-state index is 0.108. The summed E-state index contributed by atoms with van der Waals surface area (Å²) in [5, 5.41) is 5.39. The molecule has 0 aliphatic carbocycles. The Bertz CT molecular complexity index is 687. The van der Waals surface area contributed by atoms with Crippen LogP contribution in [0.4, 0.5) is 0 Å². The maximum atomic E-state index is 12.3. The van der Waals surface area contributed by atoms with Crippen molar-refractivity contribution in [2.75, 3.05) is 14.2 Å². The van der Waals surface area contributed by atoms with E-state index >= 15 is 0 Å². The number of nitrogens with zero attached hydrogens (tertiary/aromatic N) is 1. The van der Waals surface area contributed by atoms with Gasteiger partial charge in [0.1, 0.15) is 22.2 Å². The van der Waals surface area contributed by atoms with E-state index in [1.807, 2.05) is 12.1 Å². The predicted molar refractivity (Wildman–Crippen MR) is 94.7 cm³/mol. The Labute approximate surface area is 146 Å². The van der Waals surface area contributed by atoms with Crippen molar-refractivity contribution in [1.82, 2.24) is 10.3 Å². The molecule has 0 spiro atoms. The van der Waals surface area contributed by atoms with Crippen molar-refractivity contribution < 1.29 is 14.3 Å². The molecule has 0 radical (unpaired) electrons. The maximum Gasteiger partial charge on any atom is 0.271 e. The van der Waals surface area contributed by atoms with E-state index in [2.05, 4.69) is 17.2 Å². The SMILES string of the molecule is CCCC(N)c1nc(C(=O)NCc2ccc(OC)cc2OC)cs1. The third-order valence-corrected chi connectivity index (χ3v) is 4.58. The van der Waals surface area contributed by atoms with Crippen molar-refractivity contribution in [2.45, 2.75) is 32.4 Å². The molecule has 0 saturated carbocycles. The van der Waals surface area contributed by atoms with Gasteiger partial charge in [0, 0.05) is 23.6 Å². The highest BCUT2D eigenvalue weighted by Crippen LogP contribution is 2.24. The molecule has 1 amide bonds. The van der Waals surface area contributed by atoms with E-state index in [1.54, 1.807) is 25.7 Å². The predicted octanol–water partition coefficient (Wildman–Crippen LogP) is 2.89. The number of thiazole rings is 1. The Kier molecular flexibility index (Phi) is 6.57. The highest BCUT2D eigenvalue weighted by Gasteiger charge is 2.15. The number of ether oxygens (including phenoxy) is 2. The summed E-state index contributed by atoms with van der Waals surface area (Å²) >= 11 is 1.42. The quantitative estimate of drug-likeness (QED) is 0.765. The molecule has 6 nitrogen and oxygen atoms in total. The van der Waals surface area contributed by atoms with E-state index in [9.17, 15) is 4.79 Å². The number of benzene rings is 1. The summed E-state index contributed by atoms with van der Waals surface area (Å²) in [6.07, 6.45) is 1.84. The van der Waals surface area contributed by atoms with Gasteiger partial charge in [-0.25, -0.2) is 4.98 Å². The molecule has 1 aromatic heterocycles. The summed E-state index contributed by atoms with van der Waals surface area (Å²) in [5.74, 6) is 1.15. The first-order valence-corrected chi connectivity index (χ1v) is 8.67. The number of nitrogens with two attached hydrogens (primary N) is 1. The molecule has 7 heteroatoms. The summed E-state index contributed by atoms with van der Waals surface area (Å²) in [4.78, 5) is 16.6. The van der Waals surface area contributed by atoms with Crippen molar-refractivity contribution in [3.8, 4) is 11.5 Å². The lowest BCUT2D eigenvalue weighted by Gasteiger charge is -2.11. The fraction of sp³-hybridized carbons (Fsp3) is 0.412. The summed E-state index contributed by atoms with van der Waals surface area (Å²) < 4.78 is 10.5. The van der Waals surface area contributed by atoms with Crippen LogP contribution in [0.25, 0.3) is 0 Å². The number of hydrogen-bond acceptors (Lipinski definition) is 6. The van der Waals surface area contributed by atoms with Crippen LogP contribution < -0.4 is 20.5 Å². The van der Waals surface area contributed by atoms with Gasteiger partial charge in [0.15, 0.2) is 0 Å². The van der Waals surface area contributed by atoms with Crippen molar-refractivity contribution in [3.05, 3.63) is 39.8 Å². The number of amides is 1. The van der Waals surface area contributed by atoms with Crippen LogP contribution in [-0.4, -0.2) is 25.1 Å². The number of rotatable bonds is 8. The van der Waals surface area contributed by atoms with E-state index in [-0.39, 0.29) is 11.9 Å². The normalized spacial score (nSPS) is 11.8. The van der Waals surface area contributed by atoms with Crippen LogP contribution in [0.15, 0.2) is 23.6 Å². The summed E-state index contributed by atoms with van der Waals surface area (Å²) in [6.45, 7) is 2.42. The molecule has 1 atom stereocenters. The summed E-state index contributed by atoms with van der Waals surface area (Å²) in [7, 11) is 3.18. The number of methoxy groups -OCH3 is 2. The first-order chi connectivity index (χ1) is 11.6. The molecule has 3 N–H and O–H groups in total. The number of carbonyl (C=O) groups excluding carboxylic acids is 1. The third kappa shape index (κ3) is 4.46. The Morgan fingerprint density at radius 1 is 1.38 bits per heavy atom. The first-order valence-electron chi connectivity index (χ1n) is 7.79. The van der Waals surface area contributed by atoms with Crippen LogP contribution >= 0.6 is 11.3 Å². The van der Waals surface area contributed by atoms with E-state index in [4.69, 9.17) is 15.2 Å². The van der Waals surface area contributed by atoms with Gasteiger partial charge >= 0.3 is 0 Å². The molecule has 0 aliphatic rings. The molecule has 2 aromatic rings. The maximum absolute atomic E-state index is 12.3.